The molecule has 26 heavy (non-hydrogen) atoms. The Balaban J connectivity index is 2.15. The minimum absolute atomic E-state index is 0.137. The lowest BCUT2D eigenvalue weighted by Gasteiger charge is -2.12. The van der Waals surface area contributed by atoms with Gasteiger partial charge in [-0.1, -0.05) is 6.07 Å². The van der Waals surface area contributed by atoms with E-state index in [4.69, 9.17) is 0 Å². The van der Waals surface area contributed by atoms with E-state index in [1.807, 2.05) is 13.8 Å². The Morgan fingerprint density at radius 2 is 2.08 bits per heavy atom. The van der Waals surface area contributed by atoms with Crippen molar-refractivity contribution in [2.24, 2.45) is 4.99 Å². The van der Waals surface area contributed by atoms with Gasteiger partial charge in [0.1, 0.15) is 5.82 Å². The molecule has 0 atom stereocenters. The van der Waals surface area contributed by atoms with Crippen LogP contribution in [0.15, 0.2) is 28.7 Å². The third-order valence-electron chi connectivity index (χ3n) is 3.60. The van der Waals surface area contributed by atoms with Gasteiger partial charge in [-0.25, -0.2) is 22.8 Å². The van der Waals surface area contributed by atoms with Crippen LogP contribution in [0.5, 0.6) is 0 Å². The standard InChI is InChI=1S/C17H23FN4O2S2/c1-4-19-17(21-9-16-12(2)22-11-25-16)20-8-14-7-15(18)6-5-13(14)10-26(3,23)24/h5-7,11H,4,8-10H2,1-3H3,(H2,19,20,21). The van der Waals surface area contributed by atoms with Crippen LogP contribution in [0, 0.1) is 12.7 Å². The van der Waals surface area contributed by atoms with Crippen LogP contribution in [-0.4, -0.2) is 32.2 Å². The van der Waals surface area contributed by atoms with E-state index in [2.05, 4.69) is 20.6 Å². The fourth-order valence-corrected chi connectivity index (χ4v) is 3.89. The molecule has 142 valence electrons. The molecule has 9 heteroatoms. The summed E-state index contributed by atoms with van der Waals surface area (Å²) in [7, 11) is -3.21. The molecule has 2 aromatic rings. The lowest BCUT2D eigenvalue weighted by molar-refractivity contribution is 0.600. The van der Waals surface area contributed by atoms with Gasteiger partial charge < -0.3 is 10.6 Å². The van der Waals surface area contributed by atoms with Crippen LogP contribution in [0.2, 0.25) is 0 Å². The smallest absolute Gasteiger partial charge is 0.191 e. The summed E-state index contributed by atoms with van der Waals surface area (Å²) in [6.45, 7) is 5.34. The molecule has 0 bridgehead atoms. The first-order valence-corrected chi connectivity index (χ1v) is 11.1. The van der Waals surface area contributed by atoms with Crippen molar-refractivity contribution in [1.29, 1.82) is 0 Å². The normalized spacial score (nSPS) is 12.2. The van der Waals surface area contributed by atoms with Crippen molar-refractivity contribution in [1.82, 2.24) is 15.6 Å². The van der Waals surface area contributed by atoms with E-state index in [9.17, 15) is 12.8 Å². The molecule has 0 aliphatic heterocycles. The molecule has 0 unspecified atom stereocenters. The molecular formula is C17H23FN4O2S2. The molecule has 0 spiro atoms. The van der Waals surface area contributed by atoms with E-state index in [0.717, 1.165) is 16.8 Å². The minimum atomic E-state index is -3.21. The van der Waals surface area contributed by atoms with Gasteiger partial charge in [-0.3, -0.25) is 0 Å². The third-order valence-corrected chi connectivity index (χ3v) is 5.37. The Morgan fingerprint density at radius 3 is 2.69 bits per heavy atom. The van der Waals surface area contributed by atoms with Crippen molar-refractivity contribution in [3.05, 3.63) is 51.2 Å². The van der Waals surface area contributed by atoms with Gasteiger partial charge in [0.25, 0.3) is 0 Å². The molecule has 0 saturated heterocycles. The molecule has 0 radical (unpaired) electrons. The van der Waals surface area contributed by atoms with Gasteiger partial charge in [0.15, 0.2) is 15.8 Å². The summed E-state index contributed by atoms with van der Waals surface area (Å²) in [5.41, 5.74) is 3.88. The zero-order chi connectivity index (χ0) is 19.2. The molecular weight excluding hydrogens is 375 g/mol. The predicted octanol–water partition coefficient (Wildman–Crippen LogP) is 2.39. The first-order valence-electron chi connectivity index (χ1n) is 8.14. The van der Waals surface area contributed by atoms with Crippen molar-refractivity contribution in [3.8, 4) is 0 Å². The number of rotatable bonds is 7. The number of aliphatic imine (C=N–C) groups is 1. The first-order chi connectivity index (χ1) is 12.3. The second kappa shape index (κ2) is 9.09. The highest BCUT2D eigenvalue weighted by molar-refractivity contribution is 7.89. The molecule has 1 heterocycles. The Morgan fingerprint density at radius 1 is 1.31 bits per heavy atom. The number of sulfone groups is 1. The number of halogens is 1. The molecule has 1 aromatic heterocycles. The highest BCUT2D eigenvalue weighted by Gasteiger charge is 2.11. The Bertz CT molecular complexity index is 879. The van der Waals surface area contributed by atoms with Crippen LogP contribution < -0.4 is 10.6 Å². The van der Waals surface area contributed by atoms with E-state index in [0.29, 0.717) is 30.2 Å². The monoisotopic (exact) mass is 398 g/mol. The number of aromatic nitrogens is 1. The summed E-state index contributed by atoms with van der Waals surface area (Å²) in [6.07, 6.45) is 1.16. The number of guanidine groups is 1. The molecule has 1 aromatic carbocycles. The van der Waals surface area contributed by atoms with Crippen LogP contribution in [-0.2, 0) is 28.7 Å². The number of nitrogens with one attached hydrogen (secondary N) is 2. The summed E-state index contributed by atoms with van der Waals surface area (Å²) in [4.78, 5) is 9.78. The number of benzene rings is 1. The maximum atomic E-state index is 13.6. The summed E-state index contributed by atoms with van der Waals surface area (Å²) < 4.78 is 36.8. The van der Waals surface area contributed by atoms with Crippen LogP contribution >= 0.6 is 11.3 Å². The predicted molar refractivity (Wildman–Crippen MR) is 103 cm³/mol. The SMILES string of the molecule is CCNC(=NCc1cc(F)ccc1CS(C)(=O)=O)NCc1scnc1C. The average Bonchev–Trinajstić information content (AvgIpc) is 2.96. The Kier molecular flexibility index (Phi) is 7.10. The van der Waals surface area contributed by atoms with Crippen molar-refractivity contribution in [2.75, 3.05) is 12.8 Å². The largest absolute Gasteiger partial charge is 0.357 e. The number of hydrogen-bond acceptors (Lipinski definition) is 5. The fraction of sp³-hybridized carbons (Fsp3) is 0.412. The van der Waals surface area contributed by atoms with Crippen LogP contribution in [0.4, 0.5) is 4.39 Å². The van der Waals surface area contributed by atoms with Gasteiger partial charge in [0.2, 0.25) is 0 Å². The van der Waals surface area contributed by atoms with E-state index < -0.39 is 15.7 Å². The van der Waals surface area contributed by atoms with Gasteiger partial charge in [-0.2, -0.15) is 0 Å². The van der Waals surface area contributed by atoms with Crippen LogP contribution in [0.3, 0.4) is 0 Å². The topological polar surface area (TPSA) is 83.5 Å². The third kappa shape index (κ3) is 6.38. The zero-order valence-corrected chi connectivity index (χ0v) is 16.7. The summed E-state index contributed by atoms with van der Waals surface area (Å²) in [5, 5.41) is 6.34. The van der Waals surface area contributed by atoms with Crippen LogP contribution in [0.1, 0.15) is 28.6 Å². The molecule has 0 saturated carbocycles. The second-order valence-corrected chi connectivity index (χ2v) is 8.97. The van der Waals surface area contributed by atoms with Crippen molar-refractivity contribution >= 4 is 27.1 Å². The summed E-state index contributed by atoms with van der Waals surface area (Å²) in [6, 6.07) is 4.10. The molecule has 2 N–H and O–H groups in total. The highest BCUT2D eigenvalue weighted by Crippen LogP contribution is 2.16. The quantitative estimate of drug-likeness (QED) is 0.553. The van der Waals surface area contributed by atoms with Gasteiger partial charge in [0.05, 0.1) is 30.0 Å². The Labute approximate surface area is 157 Å². The first kappa shape index (κ1) is 20.3. The summed E-state index contributed by atoms with van der Waals surface area (Å²) >= 11 is 1.56. The van der Waals surface area contributed by atoms with Gasteiger partial charge in [-0.05, 0) is 37.1 Å². The minimum Gasteiger partial charge on any atom is -0.357 e. The maximum Gasteiger partial charge on any atom is 0.191 e. The van der Waals surface area contributed by atoms with E-state index >= 15 is 0 Å². The number of aryl methyl sites for hydroxylation is 1. The van der Waals surface area contributed by atoms with Crippen molar-refractivity contribution in [2.45, 2.75) is 32.7 Å². The van der Waals surface area contributed by atoms with E-state index in [-0.39, 0.29) is 12.3 Å². The van der Waals surface area contributed by atoms with Gasteiger partial charge >= 0.3 is 0 Å². The lowest BCUT2D eigenvalue weighted by atomic mass is 10.1. The fourth-order valence-electron chi connectivity index (χ4n) is 2.33. The highest BCUT2D eigenvalue weighted by atomic mass is 32.2. The molecule has 2 rings (SSSR count). The molecule has 0 fully saturated rings. The second-order valence-electron chi connectivity index (χ2n) is 5.89. The molecule has 6 nitrogen and oxygen atoms in total. The number of thiazole rings is 1. The molecule has 0 amide bonds. The van der Waals surface area contributed by atoms with Gasteiger partial charge in [0, 0.05) is 17.7 Å². The molecule has 0 aliphatic rings. The molecule has 0 aliphatic carbocycles. The van der Waals surface area contributed by atoms with Crippen molar-refractivity contribution in [3.63, 3.8) is 0 Å². The maximum absolute atomic E-state index is 13.6. The van der Waals surface area contributed by atoms with Crippen molar-refractivity contribution < 1.29 is 12.8 Å². The summed E-state index contributed by atoms with van der Waals surface area (Å²) in [5.74, 6) is 0.0304. The number of hydrogen-bond donors (Lipinski definition) is 2. The van der Waals surface area contributed by atoms with Crippen LogP contribution in [0.25, 0.3) is 0 Å². The lowest BCUT2D eigenvalue weighted by Crippen LogP contribution is -2.36. The van der Waals surface area contributed by atoms with E-state index in [1.54, 1.807) is 16.8 Å². The zero-order valence-electron chi connectivity index (χ0n) is 15.0. The van der Waals surface area contributed by atoms with Gasteiger partial charge in [-0.15, -0.1) is 11.3 Å². The average molecular weight is 399 g/mol. The Hall–Kier alpha value is -2.00. The number of nitrogens with zero attached hydrogens (tertiary/aromatic N) is 2. The van der Waals surface area contributed by atoms with E-state index in [1.165, 1.54) is 18.2 Å².